The predicted molar refractivity (Wildman–Crippen MR) is 96.5 cm³/mol. The quantitative estimate of drug-likeness (QED) is 0.863. The number of carbonyl (C=O) groups is 1. The van der Waals surface area contributed by atoms with E-state index in [1.54, 1.807) is 0 Å². The highest BCUT2D eigenvalue weighted by atomic mass is 16.5. The third-order valence-electron chi connectivity index (χ3n) is 6.23. The Morgan fingerprint density at radius 2 is 1.36 bits per heavy atom. The number of piperidine rings is 3. The maximum absolute atomic E-state index is 13.3. The van der Waals surface area contributed by atoms with Gasteiger partial charge in [-0.15, -0.1) is 0 Å². The maximum Gasteiger partial charge on any atom is 0.154 e. The minimum atomic E-state index is -0.0591. The monoisotopic (exact) mass is 333 g/mol. The van der Waals surface area contributed by atoms with Crippen LogP contribution in [0, 0.1) is 5.92 Å². The number of rotatable bonds is 3. The molecule has 3 heteroatoms. The van der Waals surface area contributed by atoms with Gasteiger partial charge in [0.05, 0.1) is 19.3 Å². The zero-order valence-corrected chi connectivity index (χ0v) is 14.3. The van der Waals surface area contributed by atoms with Crippen LogP contribution in [0.3, 0.4) is 0 Å². The van der Waals surface area contributed by atoms with Crippen LogP contribution < -0.4 is 0 Å². The van der Waals surface area contributed by atoms with Crippen molar-refractivity contribution in [3.05, 3.63) is 71.8 Å². The molecule has 25 heavy (non-hydrogen) atoms. The lowest BCUT2D eigenvalue weighted by Crippen LogP contribution is -2.70. The van der Waals surface area contributed by atoms with Crippen LogP contribution in [0.5, 0.6) is 0 Å². The highest BCUT2D eigenvalue weighted by Gasteiger charge is 2.55. The molecule has 6 rings (SSSR count). The number of hydrogen-bond acceptors (Lipinski definition) is 3. The van der Waals surface area contributed by atoms with E-state index in [9.17, 15) is 4.79 Å². The van der Waals surface area contributed by atoms with Crippen molar-refractivity contribution in [2.75, 3.05) is 13.2 Å². The minimum absolute atomic E-state index is 0.0591. The highest BCUT2D eigenvalue weighted by molar-refractivity contribution is 5.90. The molecule has 3 nitrogen and oxygen atoms in total. The lowest BCUT2D eigenvalue weighted by molar-refractivity contribution is -0.168. The Morgan fingerprint density at radius 1 is 0.840 bits per heavy atom. The summed E-state index contributed by atoms with van der Waals surface area (Å²) in [5.41, 5.74) is 2.47. The van der Waals surface area contributed by atoms with Crippen LogP contribution in [0.2, 0.25) is 0 Å². The lowest BCUT2D eigenvalue weighted by Gasteiger charge is -2.58. The first-order valence-electron chi connectivity index (χ1n) is 9.31. The van der Waals surface area contributed by atoms with Gasteiger partial charge in [0.1, 0.15) is 0 Å². The fourth-order valence-corrected chi connectivity index (χ4v) is 5.23. The number of carbonyl (C=O) groups excluding carboxylic acids is 1. The molecule has 0 saturated carbocycles. The van der Waals surface area contributed by atoms with Gasteiger partial charge in [0.25, 0.3) is 0 Å². The molecule has 0 N–H and O–H groups in total. The van der Waals surface area contributed by atoms with Gasteiger partial charge in [-0.25, -0.2) is 0 Å². The first kappa shape index (κ1) is 15.3. The topological polar surface area (TPSA) is 29.5 Å². The van der Waals surface area contributed by atoms with Crippen molar-refractivity contribution in [3.63, 3.8) is 0 Å². The fraction of sp³-hybridized carbons (Fsp3) is 0.409. The number of nitrogens with zero attached hydrogens (tertiary/aromatic N) is 1. The molecule has 4 saturated heterocycles. The first-order valence-corrected chi connectivity index (χ1v) is 9.31. The molecule has 2 aromatic rings. The summed E-state index contributed by atoms with van der Waals surface area (Å²) in [5.74, 6) is 0.747. The van der Waals surface area contributed by atoms with Gasteiger partial charge in [-0.2, -0.15) is 0 Å². The van der Waals surface area contributed by atoms with E-state index in [4.69, 9.17) is 4.74 Å². The van der Waals surface area contributed by atoms with Crippen molar-refractivity contribution >= 4 is 5.78 Å². The highest BCUT2D eigenvalue weighted by Crippen LogP contribution is 2.46. The van der Waals surface area contributed by atoms with Crippen molar-refractivity contribution < 1.29 is 9.53 Å². The number of benzene rings is 2. The van der Waals surface area contributed by atoms with Gasteiger partial charge in [-0.05, 0) is 24.0 Å². The van der Waals surface area contributed by atoms with Crippen LogP contribution >= 0.6 is 0 Å². The lowest BCUT2D eigenvalue weighted by atomic mass is 9.68. The number of ketones is 1. The van der Waals surface area contributed by atoms with Crippen molar-refractivity contribution in [2.24, 2.45) is 5.92 Å². The minimum Gasteiger partial charge on any atom is -0.378 e. The van der Waals surface area contributed by atoms with Crippen LogP contribution in [0.4, 0.5) is 0 Å². The number of morpholine rings is 1. The average Bonchev–Trinajstić information content (AvgIpc) is 2.65. The van der Waals surface area contributed by atoms with Gasteiger partial charge in [-0.3, -0.25) is 9.69 Å². The second-order valence-corrected chi connectivity index (χ2v) is 7.61. The van der Waals surface area contributed by atoms with Crippen molar-refractivity contribution in [1.82, 2.24) is 4.90 Å². The molecule has 0 aromatic heterocycles. The average molecular weight is 333 g/mol. The summed E-state index contributed by atoms with van der Waals surface area (Å²) >= 11 is 0. The summed E-state index contributed by atoms with van der Waals surface area (Å²) in [5, 5.41) is 0. The second-order valence-electron chi connectivity index (χ2n) is 7.61. The molecule has 5 atom stereocenters. The Kier molecular flexibility index (Phi) is 3.72. The molecule has 4 fully saturated rings. The summed E-state index contributed by atoms with van der Waals surface area (Å²) in [6.07, 6.45) is 1.95. The van der Waals surface area contributed by atoms with E-state index in [-0.39, 0.29) is 17.9 Å². The predicted octanol–water partition coefficient (Wildman–Crippen LogP) is 3.25. The van der Waals surface area contributed by atoms with Gasteiger partial charge in [0.15, 0.2) is 5.78 Å². The molecule has 0 amide bonds. The van der Waals surface area contributed by atoms with Gasteiger partial charge >= 0.3 is 0 Å². The molecule has 0 spiro atoms. The van der Waals surface area contributed by atoms with E-state index in [0.717, 1.165) is 26.1 Å². The fourth-order valence-electron chi connectivity index (χ4n) is 5.23. The zero-order valence-electron chi connectivity index (χ0n) is 14.3. The van der Waals surface area contributed by atoms with Gasteiger partial charge in [0.2, 0.25) is 0 Å². The third kappa shape index (κ3) is 2.45. The standard InChI is InChI=1S/C22H23NO2/c24-22-17-11-18-13-25-14-19(12-17)23(18)21(22)20(15-7-3-1-4-8-15)16-9-5-2-6-10-16/h1-10,17-21H,11-14H2/t17?,18-,19+,21?. The summed E-state index contributed by atoms with van der Waals surface area (Å²) in [4.78, 5) is 15.8. The Bertz CT molecular complexity index is 707. The summed E-state index contributed by atoms with van der Waals surface area (Å²) < 4.78 is 5.81. The smallest absolute Gasteiger partial charge is 0.154 e. The van der Waals surface area contributed by atoms with Crippen LogP contribution in [-0.4, -0.2) is 42.0 Å². The van der Waals surface area contributed by atoms with Crippen LogP contribution in [0.25, 0.3) is 0 Å². The van der Waals surface area contributed by atoms with E-state index in [1.807, 2.05) is 12.1 Å². The van der Waals surface area contributed by atoms with E-state index >= 15 is 0 Å². The Morgan fingerprint density at radius 3 is 1.88 bits per heavy atom. The molecule has 2 aromatic carbocycles. The van der Waals surface area contributed by atoms with Crippen molar-refractivity contribution in [2.45, 2.75) is 36.9 Å². The van der Waals surface area contributed by atoms with Crippen LogP contribution in [0.1, 0.15) is 29.9 Å². The van der Waals surface area contributed by atoms with Gasteiger partial charge in [-0.1, -0.05) is 60.7 Å². The second kappa shape index (κ2) is 6.08. The first-order chi connectivity index (χ1) is 12.3. The molecule has 0 aliphatic carbocycles. The molecule has 4 aliphatic heterocycles. The molecule has 3 unspecified atom stereocenters. The number of hydrogen-bond donors (Lipinski definition) is 0. The van der Waals surface area contributed by atoms with E-state index in [1.165, 1.54) is 11.1 Å². The van der Waals surface area contributed by atoms with Gasteiger partial charge in [0, 0.05) is 23.9 Å². The summed E-state index contributed by atoms with van der Waals surface area (Å²) in [6.45, 7) is 1.54. The molecule has 4 bridgehead atoms. The molecule has 4 heterocycles. The van der Waals surface area contributed by atoms with Gasteiger partial charge < -0.3 is 4.74 Å². The van der Waals surface area contributed by atoms with E-state index in [2.05, 4.69) is 53.4 Å². The SMILES string of the molecule is O=C1C2C[C@H]3COC[C@@H](C2)N3C1C(c1ccccc1)c1ccccc1. The Balaban J connectivity index is 1.62. The number of ether oxygens (including phenoxy) is 1. The van der Waals surface area contributed by atoms with E-state index in [0.29, 0.717) is 17.9 Å². The molecule has 128 valence electrons. The van der Waals surface area contributed by atoms with Crippen molar-refractivity contribution in [3.8, 4) is 0 Å². The van der Waals surface area contributed by atoms with Crippen LogP contribution in [-0.2, 0) is 9.53 Å². The van der Waals surface area contributed by atoms with Crippen molar-refractivity contribution in [1.29, 1.82) is 0 Å². The largest absolute Gasteiger partial charge is 0.378 e. The third-order valence-corrected chi connectivity index (χ3v) is 6.23. The Hall–Kier alpha value is -1.97. The zero-order chi connectivity index (χ0) is 16.8. The number of fused-ring (bicyclic) bond motifs is 1. The molecule has 0 radical (unpaired) electrons. The maximum atomic E-state index is 13.3. The summed E-state index contributed by atoms with van der Waals surface area (Å²) in [6, 6.07) is 21.8. The normalized spacial score (nSPS) is 33.6. The summed E-state index contributed by atoms with van der Waals surface area (Å²) in [7, 11) is 0. The molecular formula is C22H23NO2. The van der Waals surface area contributed by atoms with E-state index < -0.39 is 0 Å². The number of Topliss-reactive ketones (excluding diaryl/α,β-unsaturated/α-hetero) is 1. The van der Waals surface area contributed by atoms with Crippen LogP contribution in [0.15, 0.2) is 60.7 Å². The molecule has 4 aliphatic rings. The molecular weight excluding hydrogens is 310 g/mol. The Labute approximate surface area is 148 Å².